The lowest BCUT2D eigenvalue weighted by molar-refractivity contribution is -0.0719. The quantitative estimate of drug-likeness (QED) is 0.639. The van der Waals surface area contributed by atoms with Crippen molar-refractivity contribution in [3.05, 3.63) is 28.1 Å². The van der Waals surface area contributed by atoms with Gasteiger partial charge < -0.3 is 19.9 Å². The van der Waals surface area contributed by atoms with Crippen LogP contribution in [0.4, 0.5) is 4.39 Å². The van der Waals surface area contributed by atoms with Gasteiger partial charge in [0.1, 0.15) is 29.8 Å². The van der Waals surface area contributed by atoms with Gasteiger partial charge in [0.15, 0.2) is 5.67 Å². The topological polar surface area (TPSA) is 137 Å². The van der Waals surface area contributed by atoms with Crippen LogP contribution in [0.3, 0.4) is 0 Å². The van der Waals surface area contributed by atoms with E-state index in [2.05, 4.69) is 15.1 Å². The first-order valence-corrected chi connectivity index (χ1v) is 6.80. The predicted molar refractivity (Wildman–Crippen MR) is 73.1 cm³/mol. The van der Waals surface area contributed by atoms with Crippen molar-refractivity contribution in [3.8, 4) is 6.07 Å². The second-order valence-electron chi connectivity index (χ2n) is 5.57. The van der Waals surface area contributed by atoms with Gasteiger partial charge in [0.25, 0.3) is 5.56 Å². The molecule has 2 aromatic heterocycles. The maximum atomic E-state index is 15.2. The monoisotopic (exact) mass is 323 g/mol. The zero-order valence-corrected chi connectivity index (χ0v) is 12.3. The van der Waals surface area contributed by atoms with Crippen molar-refractivity contribution in [1.29, 1.82) is 5.26 Å². The zero-order chi connectivity index (χ0) is 17.0. The van der Waals surface area contributed by atoms with Crippen LogP contribution in [0.5, 0.6) is 0 Å². The Bertz CT molecular complexity index is 869. The largest absolute Gasteiger partial charge is 0.394 e. The Labute approximate surface area is 129 Å². The molecule has 3 heterocycles. The third-order valence-corrected chi connectivity index (χ3v) is 4.11. The molecule has 3 rings (SSSR count). The molecule has 0 unspecified atom stereocenters. The van der Waals surface area contributed by atoms with Crippen LogP contribution in [0.15, 0.2) is 11.0 Å². The van der Waals surface area contributed by atoms with Crippen molar-refractivity contribution in [2.45, 2.75) is 37.3 Å². The number of aliphatic hydroxyl groups excluding tert-OH is 2. The molecule has 23 heavy (non-hydrogen) atoms. The van der Waals surface area contributed by atoms with Gasteiger partial charge in [0, 0.05) is 0 Å². The fourth-order valence-corrected chi connectivity index (χ4v) is 2.84. The highest BCUT2D eigenvalue weighted by molar-refractivity contribution is 5.42. The lowest BCUT2D eigenvalue weighted by Gasteiger charge is -2.30. The summed E-state index contributed by atoms with van der Waals surface area (Å²) >= 11 is 0. The number of imidazole rings is 1. The third-order valence-electron chi connectivity index (χ3n) is 4.11. The number of H-pyrrole nitrogens is 1. The summed E-state index contributed by atoms with van der Waals surface area (Å²) in [4.78, 5) is 18.2. The highest BCUT2D eigenvalue weighted by Crippen LogP contribution is 2.48. The third kappa shape index (κ3) is 1.84. The predicted octanol–water partition coefficient (Wildman–Crippen LogP) is -1.07. The Morgan fingerprint density at radius 2 is 2.35 bits per heavy atom. The number of hydrogen-bond acceptors (Lipinski definition) is 7. The number of aromatic amines is 1. The van der Waals surface area contributed by atoms with E-state index in [0.717, 1.165) is 17.6 Å². The number of aromatic nitrogens is 4. The van der Waals surface area contributed by atoms with Crippen molar-refractivity contribution in [1.82, 2.24) is 19.6 Å². The molecule has 2 aromatic rings. The Balaban J connectivity index is 2.32. The fraction of sp³-hybridized carbons (Fsp3) is 0.538. The number of nitriles is 1. The summed E-state index contributed by atoms with van der Waals surface area (Å²) in [6, 6.07) is 1.71. The molecule has 1 aliphatic heterocycles. The summed E-state index contributed by atoms with van der Waals surface area (Å²) in [7, 11) is 0. The molecular weight excluding hydrogens is 309 g/mol. The van der Waals surface area contributed by atoms with Gasteiger partial charge in [-0.25, -0.2) is 13.9 Å². The molecule has 0 aliphatic carbocycles. The molecule has 3 N–H and O–H groups in total. The van der Waals surface area contributed by atoms with Crippen LogP contribution < -0.4 is 5.56 Å². The number of rotatable bonds is 2. The second kappa shape index (κ2) is 4.82. The minimum absolute atomic E-state index is 0.135. The molecular formula is C13H14FN5O4. The molecule has 10 heteroatoms. The summed E-state index contributed by atoms with van der Waals surface area (Å²) in [5, 5.41) is 32.9. The molecule has 1 aliphatic rings. The average Bonchev–Trinajstić information content (AvgIpc) is 2.99. The molecule has 0 radical (unpaired) electrons. The van der Waals surface area contributed by atoms with Crippen molar-refractivity contribution in [3.63, 3.8) is 0 Å². The first-order chi connectivity index (χ1) is 10.8. The smallest absolute Gasteiger partial charge is 0.294 e. The van der Waals surface area contributed by atoms with E-state index in [-0.39, 0.29) is 17.2 Å². The Hall–Kier alpha value is -2.35. The van der Waals surface area contributed by atoms with Gasteiger partial charge in [0.2, 0.25) is 11.2 Å². The molecule has 0 amide bonds. The van der Waals surface area contributed by atoms with Crippen LogP contribution in [-0.2, 0) is 10.3 Å². The number of alkyl halides is 1. The minimum atomic E-state index is -2.55. The normalized spacial score (nSPS) is 33.9. The number of hydrogen-bond donors (Lipinski definition) is 3. The summed E-state index contributed by atoms with van der Waals surface area (Å²) in [5.74, 6) is 0.229. The van der Waals surface area contributed by atoms with Crippen molar-refractivity contribution in [2.24, 2.45) is 0 Å². The lowest BCUT2D eigenvalue weighted by Crippen LogP contribution is -2.48. The highest BCUT2D eigenvalue weighted by atomic mass is 19.1. The maximum Gasteiger partial charge on any atom is 0.294 e. The van der Waals surface area contributed by atoms with E-state index in [0.29, 0.717) is 0 Å². The van der Waals surface area contributed by atoms with Crippen LogP contribution in [0.25, 0.3) is 5.65 Å². The van der Waals surface area contributed by atoms with E-state index in [4.69, 9.17) is 4.74 Å². The summed E-state index contributed by atoms with van der Waals surface area (Å²) in [6.07, 6.45) is -1.93. The van der Waals surface area contributed by atoms with Crippen molar-refractivity contribution < 1.29 is 19.3 Å². The molecule has 122 valence electrons. The van der Waals surface area contributed by atoms with Crippen molar-refractivity contribution in [2.75, 3.05) is 6.61 Å². The van der Waals surface area contributed by atoms with Crippen LogP contribution in [0.1, 0.15) is 18.4 Å². The van der Waals surface area contributed by atoms with Crippen LogP contribution >= 0.6 is 0 Å². The fourth-order valence-electron chi connectivity index (χ4n) is 2.84. The number of nitrogens with zero attached hydrogens (tertiary/aromatic N) is 4. The van der Waals surface area contributed by atoms with Gasteiger partial charge in [-0.1, -0.05) is 0 Å². The van der Waals surface area contributed by atoms with E-state index >= 15 is 4.39 Å². The van der Waals surface area contributed by atoms with Gasteiger partial charge in [-0.15, -0.1) is 0 Å². The van der Waals surface area contributed by atoms with Gasteiger partial charge in [0.05, 0.1) is 12.8 Å². The Kier molecular flexibility index (Phi) is 3.26. The summed E-state index contributed by atoms with van der Waals surface area (Å²) in [5.41, 5.74) is -5.66. The standard InChI is InChI=1S/C13H14FN5O4/c1-6-17-11(22)10-16-3-8(19(10)18-6)13(5-15)12(2,14)9(21)7(4-20)23-13/h3,7,9,20-21H,4H2,1-2H3,(H,17,18,22)/t7-,9-,12-,13+/m1/s1. The van der Waals surface area contributed by atoms with Crippen LogP contribution in [0, 0.1) is 18.3 Å². The highest BCUT2D eigenvalue weighted by Gasteiger charge is 2.67. The SMILES string of the molecule is Cc1nn2c([C@]3(C#N)O[C@H](CO)[C@@H](O)[C@@]3(C)F)cnc2c(=O)[nH]1. The molecule has 4 atom stereocenters. The number of nitrogens with one attached hydrogen (secondary N) is 1. The summed E-state index contributed by atoms with van der Waals surface area (Å²) in [6.45, 7) is 1.84. The molecule has 0 bridgehead atoms. The number of aryl methyl sites for hydroxylation is 1. The second-order valence-corrected chi connectivity index (χ2v) is 5.57. The average molecular weight is 323 g/mol. The zero-order valence-electron chi connectivity index (χ0n) is 12.3. The van der Waals surface area contributed by atoms with E-state index in [9.17, 15) is 20.3 Å². The van der Waals surface area contributed by atoms with E-state index in [1.807, 2.05) is 0 Å². The molecule has 1 fully saturated rings. The van der Waals surface area contributed by atoms with Crippen molar-refractivity contribution >= 4 is 5.65 Å². The number of fused-ring (bicyclic) bond motifs is 1. The van der Waals surface area contributed by atoms with Gasteiger partial charge in [-0.05, 0) is 13.8 Å². The van der Waals surface area contributed by atoms with Crippen LogP contribution in [0.2, 0.25) is 0 Å². The van der Waals surface area contributed by atoms with Crippen LogP contribution in [-0.4, -0.2) is 54.3 Å². The Morgan fingerprint density at radius 1 is 1.65 bits per heavy atom. The number of halogens is 1. The molecule has 1 saturated heterocycles. The molecule has 0 aromatic carbocycles. The van der Waals surface area contributed by atoms with Gasteiger partial charge in [-0.2, -0.15) is 10.4 Å². The lowest BCUT2D eigenvalue weighted by atomic mass is 9.82. The van der Waals surface area contributed by atoms with E-state index in [1.165, 1.54) is 6.92 Å². The van der Waals surface area contributed by atoms with Gasteiger partial charge >= 0.3 is 0 Å². The molecule has 0 spiro atoms. The first kappa shape index (κ1) is 15.5. The summed E-state index contributed by atoms with van der Waals surface area (Å²) < 4.78 is 21.6. The number of ether oxygens (including phenoxy) is 1. The molecule has 0 saturated carbocycles. The van der Waals surface area contributed by atoms with E-state index in [1.54, 1.807) is 6.07 Å². The minimum Gasteiger partial charge on any atom is -0.394 e. The molecule has 9 nitrogen and oxygen atoms in total. The van der Waals surface area contributed by atoms with E-state index < -0.39 is 35.6 Å². The number of aliphatic hydroxyl groups is 2. The first-order valence-electron chi connectivity index (χ1n) is 6.80. The maximum absolute atomic E-state index is 15.2. The Morgan fingerprint density at radius 3 is 2.91 bits per heavy atom. The van der Waals surface area contributed by atoms with Gasteiger partial charge in [-0.3, -0.25) is 4.79 Å².